The van der Waals surface area contributed by atoms with Crippen molar-refractivity contribution in [3.8, 4) is 11.6 Å². The van der Waals surface area contributed by atoms with E-state index in [4.69, 9.17) is 21.8 Å². The predicted octanol–water partition coefficient (Wildman–Crippen LogP) is 3.13. The molecule has 5 heteroatoms. The fourth-order valence-electron chi connectivity index (χ4n) is 1.54. The number of nitrogen functional groups attached to an aromatic ring is 1. The summed E-state index contributed by atoms with van der Waals surface area (Å²) in [6, 6.07) is 8.82. The van der Waals surface area contributed by atoms with Crippen molar-refractivity contribution in [2.75, 3.05) is 5.73 Å². The standard InChI is InChI=1S/C12H8ClN3O/c13-7-1-3-9-11(5-7)17-12(16-9)10-4-2-8(14)6-15-10/h1-6H,14H2. The van der Waals surface area contributed by atoms with Crippen molar-refractivity contribution in [2.24, 2.45) is 0 Å². The lowest BCUT2D eigenvalue weighted by molar-refractivity contribution is 0.617. The maximum atomic E-state index is 5.87. The fraction of sp³-hybridized carbons (Fsp3) is 0. The van der Waals surface area contributed by atoms with Crippen molar-refractivity contribution >= 4 is 28.4 Å². The number of nitrogens with zero attached hydrogens (tertiary/aromatic N) is 2. The number of hydrogen-bond donors (Lipinski definition) is 1. The van der Waals surface area contributed by atoms with Gasteiger partial charge < -0.3 is 10.2 Å². The van der Waals surface area contributed by atoms with E-state index in [1.807, 2.05) is 6.07 Å². The third-order valence-corrected chi connectivity index (χ3v) is 2.59. The first-order valence-electron chi connectivity index (χ1n) is 5.00. The Morgan fingerprint density at radius 3 is 2.82 bits per heavy atom. The molecular weight excluding hydrogens is 238 g/mol. The molecule has 0 aliphatic carbocycles. The van der Waals surface area contributed by atoms with Crippen molar-refractivity contribution in [2.45, 2.75) is 0 Å². The van der Waals surface area contributed by atoms with Gasteiger partial charge in [-0.05, 0) is 24.3 Å². The molecule has 2 heterocycles. The Morgan fingerprint density at radius 2 is 2.06 bits per heavy atom. The van der Waals surface area contributed by atoms with Crippen LogP contribution in [0.2, 0.25) is 5.02 Å². The van der Waals surface area contributed by atoms with E-state index in [9.17, 15) is 0 Å². The molecule has 0 unspecified atom stereocenters. The van der Waals surface area contributed by atoms with Gasteiger partial charge >= 0.3 is 0 Å². The summed E-state index contributed by atoms with van der Waals surface area (Å²) in [5.41, 5.74) is 8.22. The van der Waals surface area contributed by atoms with Crippen LogP contribution >= 0.6 is 11.6 Å². The van der Waals surface area contributed by atoms with Crippen LogP contribution in [-0.4, -0.2) is 9.97 Å². The summed E-state index contributed by atoms with van der Waals surface area (Å²) < 4.78 is 5.58. The second kappa shape index (κ2) is 3.75. The normalized spacial score (nSPS) is 10.9. The zero-order chi connectivity index (χ0) is 11.8. The topological polar surface area (TPSA) is 64.9 Å². The largest absolute Gasteiger partial charge is 0.435 e. The minimum absolute atomic E-state index is 0.460. The maximum Gasteiger partial charge on any atom is 0.246 e. The second-order valence-corrected chi connectivity index (χ2v) is 4.04. The number of oxazole rings is 1. The Hall–Kier alpha value is -2.07. The van der Waals surface area contributed by atoms with E-state index < -0.39 is 0 Å². The molecule has 0 aliphatic heterocycles. The molecule has 0 radical (unpaired) electrons. The third-order valence-electron chi connectivity index (χ3n) is 2.36. The third kappa shape index (κ3) is 1.83. The van der Waals surface area contributed by atoms with Crippen molar-refractivity contribution < 1.29 is 4.42 Å². The van der Waals surface area contributed by atoms with Gasteiger partial charge in [-0.15, -0.1) is 0 Å². The summed E-state index contributed by atoms with van der Waals surface area (Å²) in [4.78, 5) is 8.48. The van der Waals surface area contributed by atoms with E-state index >= 15 is 0 Å². The summed E-state index contributed by atoms with van der Waals surface area (Å²) in [6.07, 6.45) is 1.57. The zero-order valence-electron chi connectivity index (χ0n) is 8.72. The Balaban J connectivity index is 2.14. The highest BCUT2D eigenvalue weighted by Crippen LogP contribution is 2.25. The molecule has 0 amide bonds. The van der Waals surface area contributed by atoms with Gasteiger partial charge in [-0.25, -0.2) is 9.97 Å². The van der Waals surface area contributed by atoms with Crippen LogP contribution < -0.4 is 5.73 Å². The first kappa shape index (κ1) is 10.1. The van der Waals surface area contributed by atoms with E-state index in [-0.39, 0.29) is 0 Å². The number of anilines is 1. The molecule has 0 spiro atoms. The molecule has 0 fully saturated rings. The molecular formula is C12H8ClN3O. The van der Waals surface area contributed by atoms with Gasteiger partial charge in [0, 0.05) is 11.1 Å². The number of benzene rings is 1. The van der Waals surface area contributed by atoms with Crippen LogP contribution in [0.4, 0.5) is 5.69 Å². The van der Waals surface area contributed by atoms with Crippen molar-refractivity contribution in [3.63, 3.8) is 0 Å². The van der Waals surface area contributed by atoms with Gasteiger partial charge in [0.2, 0.25) is 5.89 Å². The van der Waals surface area contributed by atoms with Crippen molar-refractivity contribution in [3.05, 3.63) is 41.6 Å². The quantitative estimate of drug-likeness (QED) is 0.715. The lowest BCUT2D eigenvalue weighted by Crippen LogP contribution is -1.87. The minimum Gasteiger partial charge on any atom is -0.435 e. The Kier molecular flexibility index (Phi) is 2.23. The Morgan fingerprint density at radius 1 is 1.18 bits per heavy atom. The zero-order valence-corrected chi connectivity index (χ0v) is 9.48. The van der Waals surface area contributed by atoms with Crippen LogP contribution in [-0.2, 0) is 0 Å². The predicted molar refractivity (Wildman–Crippen MR) is 66.7 cm³/mol. The van der Waals surface area contributed by atoms with Crippen LogP contribution in [0, 0.1) is 0 Å². The maximum absolute atomic E-state index is 5.87. The summed E-state index contributed by atoms with van der Waals surface area (Å²) >= 11 is 5.87. The van der Waals surface area contributed by atoms with E-state index in [1.54, 1.807) is 30.5 Å². The van der Waals surface area contributed by atoms with Crippen LogP contribution in [0.5, 0.6) is 0 Å². The fourth-order valence-corrected chi connectivity index (χ4v) is 1.70. The average molecular weight is 246 g/mol. The second-order valence-electron chi connectivity index (χ2n) is 3.61. The molecule has 84 valence electrons. The number of halogens is 1. The minimum atomic E-state index is 0.460. The Bertz CT molecular complexity index is 676. The summed E-state index contributed by atoms with van der Waals surface area (Å²) in [7, 11) is 0. The summed E-state index contributed by atoms with van der Waals surface area (Å²) in [6.45, 7) is 0. The van der Waals surface area contributed by atoms with E-state index in [2.05, 4.69) is 9.97 Å². The summed E-state index contributed by atoms with van der Waals surface area (Å²) in [5, 5.41) is 0.616. The molecule has 0 saturated heterocycles. The van der Waals surface area contributed by atoms with E-state index in [0.717, 1.165) is 5.52 Å². The molecule has 4 nitrogen and oxygen atoms in total. The first-order chi connectivity index (χ1) is 8.22. The van der Waals surface area contributed by atoms with E-state index in [1.165, 1.54) is 0 Å². The lowest BCUT2D eigenvalue weighted by Gasteiger charge is -1.94. The molecule has 2 N–H and O–H groups in total. The average Bonchev–Trinajstić information content (AvgIpc) is 2.72. The van der Waals surface area contributed by atoms with Crippen LogP contribution in [0.1, 0.15) is 0 Å². The van der Waals surface area contributed by atoms with E-state index in [0.29, 0.717) is 27.9 Å². The number of nitrogens with two attached hydrogens (primary N) is 1. The SMILES string of the molecule is Nc1ccc(-c2nc3ccc(Cl)cc3o2)nc1. The van der Waals surface area contributed by atoms with Crippen LogP contribution in [0.3, 0.4) is 0 Å². The molecule has 0 saturated carbocycles. The monoisotopic (exact) mass is 245 g/mol. The van der Waals surface area contributed by atoms with Gasteiger partial charge in [0.05, 0.1) is 11.9 Å². The van der Waals surface area contributed by atoms with Gasteiger partial charge in [0.1, 0.15) is 11.2 Å². The smallest absolute Gasteiger partial charge is 0.246 e. The molecule has 1 aromatic carbocycles. The van der Waals surface area contributed by atoms with Gasteiger partial charge in [0.15, 0.2) is 5.58 Å². The van der Waals surface area contributed by atoms with Crippen molar-refractivity contribution in [1.82, 2.24) is 9.97 Å². The molecule has 3 aromatic rings. The number of fused-ring (bicyclic) bond motifs is 1. The molecule has 3 rings (SSSR count). The number of hydrogen-bond acceptors (Lipinski definition) is 4. The highest BCUT2D eigenvalue weighted by atomic mass is 35.5. The van der Waals surface area contributed by atoms with Gasteiger partial charge in [-0.2, -0.15) is 0 Å². The Labute approximate surface area is 102 Å². The number of pyridine rings is 1. The van der Waals surface area contributed by atoms with Gasteiger partial charge in [-0.1, -0.05) is 11.6 Å². The molecule has 2 aromatic heterocycles. The molecule has 0 atom stereocenters. The van der Waals surface area contributed by atoms with Crippen LogP contribution in [0.25, 0.3) is 22.7 Å². The van der Waals surface area contributed by atoms with Gasteiger partial charge in [-0.3, -0.25) is 0 Å². The lowest BCUT2D eigenvalue weighted by atomic mass is 10.3. The van der Waals surface area contributed by atoms with Crippen molar-refractivity contribution in [1.29, 1.82) is 0 Å². The van der Waals surface area contributed by atoms with Gasteiger partial charge in [0.25, 0.3) is 0 Å². The molecule has 0 aliphatic rings. The number of rotatable bonds is 1. The molecule has 0 bridgehead atoms. The summed E-state index contributed by atoms with van der Waals surface area (Å²) in [5.74, 6) is 0.460. The highest BCUT2D eigenvalue weighted by molar-refractivity contribution is 6.31. The van der Waals surface area contributed by atoms with Crippen LogP contribution in [0.15, 0.2) is 40.9 Å². The molecule has 17 heavy (non-hydrogen) atoms. The highest BCUT2D eigenvalue weighted by Gasteiger charge is 2.09. The first-order valence-corrected chi connectivity index (χ1v) is 5.38. The number of aromatic nitrogens is 2.